The van der Waals surface area contributed by atoms with Gasteiger partial charge >= 0.3 is 0 Å². The van der Waals surface area contributed by atoms with Gasteiger partial charge in [-0.2, -0.15) is 0 Å². The molecule has 2 unspecified atom stereocenters. The number of ether oxygens (including phenoxy) is 1. The van der Waals surface area contributed by atoms with Crippen LogP contribution in [0, 0.1) is 11.7 Å². The monoisotopic (exact) mass is 242 g/mol. The van der Waals surface area contributed by atoms with Crippen molar-refractivity contribution in [3.05, 3.63) is 34.6 Å². The van der Waals surface area contributed by atoms with E-state index in [1.165, 1.54) is 12.1 Å². The highest BCUT2D eigenvalue weighted by Gasteiger charge is 2.32. The molecule has 4 heteroatoms. The lowest BCUT2D eigenvalue weighted by atomic mass is 9.92. The Kier molecular flexibility index (Phi) is 3.26. The molecule has 2 nitrogen and oxygen atoms in total. The first-order valence-corrected chi connectivity index (χ1v) is 5.58. The highest BCUT2D eigenvalue weighted by Crippen LogP contribution is 2.26. The third-order valence-corrected chi connectivity index (χ3v) is 3.14. The fourth-order valence-electron chi connectivity index (χ4n) is 1.97. The van der Waals surface area contributed by atoms with Crippen molar-refractivity contribution in [1.82, 2.24) is 0 Å². The fraction of sp³-hybridized carbons (Fsp3) is 0.417. The third-order valence-electron chi connectivity index (χ3n) is 2.91. The van der Waals surface area contributed by atoms with Gasteiger partial charge in [0.15, 0.2) is 5.78 Å². The molecule has 0 aromatic heterocycles. The first-order valence-electron chi connectivity index (χ1n) is 5.20. The molecule has 0 bridgehead atoms. The van der Waals surface area contributed by atoms with E-state index in [9.17, 15) is 9.18 Å². The van der Waals surface area contributed by atoms with E-state index >= 15 is 0 Å². The van der Waals surface area contributed by atoms with Gasteiger partial charge in [0.1, 0.15) is 5.82 Å². The van der Waals surface area contributed by atoms with Crippen LogP contribution in [0.3, 0.4) is 0 Å². The van der Waals surface area contributed by atoms with Crippen LogP contribution in [0.25, 0.3) is 0 Å². The summed E-state index contributed by atoms with van der Waals surface area (Å²) in [6.45, 7) is 2.40. The average Bonchev–Trinajstić information content (AvgIpc) is 2.63. The number of benzene rings is 1. The molecule has 16 heavy (non-hydrogen) atoms. The number of carbonyl (C=O) groups excluding carboxylic acids is 1. The maximum absolute atomic E-state index is 13.5. The summed E-state index contributed by atoms with van der Waals surface area (Å²) in [5, 5.41) is 0.296. The molecular weight excluding hydrogens is 231 g/mol. The topological polar surface area (TPSA) is 26.3 Å². The summed E-state index contributed by atoms with van der Waals surface area (Å²) < 4.78 is 18.8. The lowest BCUT2D eigenvalue weighted by Gasteiger charge is -2.13. The number of rotatable bonds is 2. The maximum Gasteiger partial charge on any atom is 0.171 e. The van der Waals surface area contributed by atoms with Crippen LogP contribution in [-0.4, -0.2) is 18.5 Å². The van der Waals surface area contributed by atoms with Crippen LogP contribution in [-0.2, 0) is 4.74 Å². The molecule has 0 N–H and O–H groups in total. The Morgan fingerprint density at radius 1 is 1.56 bits per heavy atom. The zero-order valence-corrected chi connectivity index (χ0v) is 9.63. The second-order valence-corrected chi connectivity index (χ2v) is 4.40. The molecule has 1 heterocycles. The summed E-state index contributed by atoms with van der Waals surface area (Å²) in [7, 11) is 0. The summed E-state index contributed by atoms with van der Waals surface area (Å²) in [6, 6.07) is 4.12. The molecular formula is C12H12ClFO2. The van der Waals surface area contributed by atoms with Crippen LogP contribution in [0.4, 0.5) is 4.39 Å². The molecule has 1 aliphatic rings. The van der Waals surface area contributed by atoms with E-state index in [0.29, 0.717) is 18.1 Å². The normalized spacial score (nSPS) is 24.7. The Morgan fingerprint density at radius 3 is 2.88 bits per heavy atom. The molecule has 0 amide bonds. The zero-order valence-electron chi connectivity index (χ0n) is 8.87. The van der Waals surface area contributed by atoms with Crippen LogP contribution in [0.2, 0.25) is 5.02 Å². The van der Waals surface area contributed by atoms with E-state index < -0.39 is 5.82 Å². The summed E-state index contributed by atoms with van der Waals surface area (Å²) in [5.41, 5.74) is 0.103. The molecule has 1 aromatic carbocycles. The van der Waals surface area contributed by atoms with E-state index in [2.05, 4.69) is 0 Å². The fourth-order valence-corrected chi connectivity index (χ4v) is 2.12. The van der Waals surface area contributed by atoms with Crippen molar-refractivity contribution in [2.24, 2.45) is 5.92 Å². The lowest BCUT2D eigenvalue weighted by molar-refractivity contribution is 0.0761. The first kappa shape index (κ1) is 11.6. The van der Waals surface area contributed by atoms with Crippen molar-refractivity contribution in [2.75, 3.05) is 6.61 Å². The summed E-state index contributed by atoms with van der Waals surface area (Å²) >= 11 is 5.63. The highest BCUT2D eigenvalue weighted by molar-refractivity contribution is 6.30. The van der Waals surface area contributed by atoms with E-state index in [4.69, 9.17) is 16.3 Å². The molecule has 2 atom stereocenters. The molecule has 1 aliphatic heterocycles. The van der Waals surface area contributed by atoms with Gasteiger partial charge < -0.3 is 4.74 Å². The second-order valence-electron chi connectivity index (χ2n) is 3.96. The van der Waals surface area contributed by atoms with E-state index in [0.717, 1.165) is 6.07 Å². The van der Waals surface area contributed by atoms with Gasteiger partial charge in [-0.25, -0.2) is 4.39 Å². The van der Waals surface area contributed by atoms with Crippen molar-refractivity contribution in [1.29, 1.82) is 0 Å². The van der Waals surface area contributed by atoms with Gasteiger partial charge in [-0.3, -0.25) is 4.79 Å². The van der Waals surface area contributed by atoms with E-state index in [1.54, 1.807) is 0 Å². The third kappa shape index (κ3) is 2.11. The molecule has 0 spiro atoms. The predicted octanol–water partition coefficient (Wildman–Crippen LogP) is 3.09. The SMILES string of the molecule is CC1OCCC1C(=O)c1ccc(Cl)cc1F. The lowest BCUT2D eigenvalue weighted by Crippen LogP contribution is -2.22. The van der Waals surface area contributed by atoms with Gasteiger partial charge in [-0.1, -0.05) is 11.6 Å². The van der Waals surface area contributed by atoms with Crippen LogP contribution in [0.1, 0.15) is 23.7 Å². The number of hydrogen-bond acceptors (Lipinski definition) is 2. The zero-order chi connectivity index (χ0) is 11.7. The maximum atomic E-state index is 13.5. The van der Waals surface area contributed by atoms with Gasteiger partial charge in [0.2, 0.25) is 0 Å². The number of hydrogen-bond donors (Lipinski definition) is 0. The quantitative estimate of drug-likeness (QED) is 0.745. The molecule has 0 radical (unpaired) electrons. The minimum absolute atomic E-state index is 0.103. The standard InChI is InChI=1S/C12H12ClFO2/c1-7-9(4-5-16-7)12(15)10-3-2-8(13)6-11(10)14/h2-3,6-7,9H,4-5H2,1H3. The molecule has 0 saturated carbocycles. The smallest absolute Gasteiger partial charge is 0.171 e. The van der Waals surface area contributed by atoms with Crippen LogP contribution >= 0.6 is 11.6 Å². The average molecular weight is 243 g/mol. The van der Waals surface area contributed by atoms with Gasteiger partial charge in [0, 0.05) is 11.6 Å². The van der Waals surface area contributed by atoms with E-state index in [-0.39, 0.29) is 23.4 Å². The largest absolute Gasteiger partial charge is 0.378 e. The molecule has 86 valence electrons. The Labute approximate surface area is 98.4 Å². The molecule has 1 saturated heterocycles. The molecule has 1 aromatic rings. The van der Waals surface area contributed by atoms with Crippen LogP contribution in [0.5, 0.6) is 0 Å². The first-order chi connectivity index (χ1) is 7.59. The van der Waals surface area contributed by atoms with Crippen molar-refractivity contribution in [3.8, 4) is 0 Å². The summed E-state index contributed by atoms with van der Waals surface area (Å²) in [4.78, 5) is 12.0. The molecule has 0 aliphatic carbocycles. The summed E-state index contributed by atoms with van der Waals surface area (Å²) in [6.07, 6.45) is 0.518. The number of Topliss-reactive ketones (excluding diaryl/α,β-unsaturated/α-hetero) is 1. The van der Waals surface area contributed by atoms with Crippen molar-refractivity contribution >= 4 is 17.4 Å². The van der Waals surface area contributed by atoms with Gasteiger partial charge in [-0.05, 0) is 31.5 Å². The summed E-state index contributed by atoms with van der Waals surface area (Å²) in [5.74, 6) is -0.994. The van der Waals surface area contributed by atoms with Crippen LogP contribution in [0.15, 0.2) is 18.2 Å². The molecule has 2 rings (SSSR count). The van der Waals surface area contributed by atoms with E-state index in [1.807, 2.05) is 6.92 Å². The van der Waals surface area contributed by atoms with Crippen molar-refractivity contribution < 1.29 is 13.9 Å². The van der Waals surface area contributed by atoms with Gasteiger partial charge in [0.05, 0.1) is 17.6 Å². The van der Waals surface area contributed by atoms with Crippen LogP contribution < -0.4 is 0 Å². The van der Waals surface area contributed by atoms with Gasteiger partial charge in [0.25, 0.3) is 0 Å². The second kappa shape index (κ2) is 4.52. The Balaban J connectivity index is 2.27. The van der Waals surface area contributed by atoms with Crippen molar-refractivity contribution in [3.63, 3.8) is 0 Å². The Morgan fingerprint density at radius 2 is 2.31 bits per heavy atom. The number of halogens is 2. The predicted molar refractivity (Wildman–Crippen MR) is 59.3 cm³/mol. The van der Waals surface area contributed by atoms with Gasteiger partial charge in [-0.15, -0.1) is 0 Å². The highest BCUT2D eigenvalue weighted by atomic mass is 35.5. The number of ketones is 1. The van der Waals surface area contributed by atoms with Crippen molar-refractivity contribution in [2.45, 2.75) is 19.4 Å². The minimum Gasteiger partial charge on any atom is -0.378 e. The Hall–Kier alpha value is -0.930. The minimum atomic E-state index is -0.559. The molecule has 1 fully saturated rings. The number of carbonyl (C=O) groups is 1. The Bertz CT molecular complexity index is 419.